The quantitative estimate of drug-likeness (QED) is 0.721. The van der Waals surface area contributed by atoms with Crippen LogP contribution in [0.4, 0.5) is 0 Å². The number of aliphatic hydroxyl groups excluding tert-OH is 1. The van der Waals surface area contributed by atoms with E-state index in [1.807, 2.05) is 51.1 Å². The first-order valence-corrected chi connectivity index (χ1v) is 6.60. The number of benzene rings is 1. The van der Waals surface area contributed by atoms with Gasteiger partial charge in [-0.25, -0.2) is 0 Å². The normalized spacial score (nSPS) is 13.1. The number of carbonyl (C=O) groups is 1. The van der Waals surface area contributed by atoms with Crippen LogP contribution in [0.15, 0.2) is 30.3 Å². The van der Waals surface area contributed by atoms with Crippen LogP contribution >= 0.6 is 0 Å². The third-order valence-corrected chi connectivity index (χ3v) is 2.69. The Morgan fingerprint density at radius 1 is 1.26 bits per heavy atom. The molecule has 4 nitrogen and oxygen atoms in total. The van der Waals surface area contributed by atoms with Gasteiger partial charge in [-0.3, -0.25) is 4.79 Å². The molecule has 0 aliphatic rings. The van der Waals surface area contributed by atoms with Crippen LogP contribution in [-0.4, -0.2) is 35.7 Å². The molecule has 0 fully saturated rings. The molecule has 0 radical (unpaired) electrons. The van der Waals surface area contributed by atoms with Crippen molar-refractivity contribution in [1.29, 1.82) is 0 Å². The molecule has 0 saturated heterocycles. The van der Waals surface area contributed by atoms with E-state index in [-0.39, 0.29) is 30.6 Å². The van der Waals surface area contributed by atoms with Crippen molar-refractivity contribution in [2.24, 2.45) is 0 Å². The predicted octanol–water partition coefficient (Wildman–Crippen LogP) is 1.09. The van der Waals surface area contributed by atoms with Crippen molar-refractivity contribution in [3.8, 4) is 0 Å². The molecule has 1 aromatic carbocycles. The van der Waals surface area contributed by atoms with Gasteiger partial charge in [-0.2, -0.15) is 0 Å². The third kappa shape index (κ3) is 6.94. The van der Waals surface area contributed by atoms with Gasteiger partial charge in [0.1, 0.15) is 0 Å². The minimum Gasteiger partial charge on any atom is -0.394 e. The molecule has 1 rings (SSSR count). The van der Waals surface area contributed by atoms with Crippen molar-refractivity contribution in [3.05, 3.63) is 35.9 Å². The van der Waals surface area contributed by atoms with Crippen LogP contribution < -0.4 is 10.6 Å². The number of rotatable bonds is 6. The highest BCUT2D eigenvalue weighted by Crippen LogP contribution is 2.03. The number of carbonyl (C=O) groups excluding carboxylic acids is 1. The van der Waals surface area contributed by atoms with Crippen LogP contribution in [0.2, 0.25) is 0 Å². The highest BCUT2D eigenvalue weighted by molar-refractivity contribution is 5.78. The number of aliphatic hydroxyl groups is 1. The van der Waals surface area contributed by atoms with Crippen molar-refractivity contribution < 1.29 is 9.90 Å². The molecule has 0 aliphatic carbocycles. The van der Waals surface area contributed by atoms with Crippen molar-refractivity contribution in [3.63, 3.8) is 0 Å². The summed E-state index contributed by atoms with van der Waals surface area (Å²) in [6.07, 6.45) is 0.637. The van der Waals surface area contributed by atoms with Crippen LogP contribution in [0.3, 0.4) is 0 Å². The smallest absolute Gasteiger partial charge is 0.234 e. The summed E-state index contributed by atoms with van der Waals surface area (Å²) in [4.78, 5) is 11.8. The maximum atomic E-state index is 11.8. The largest absolute Gasteiger partial charge is 0.394 e. The third-order valence-electron chi connectivity index (χ3n) is 2.69. The van der Waals surface area contributed by atoms with E-state index < -0.39 is 0 Å². The highest BCUT2D eigenvalue weighted by Gasteiger charge is 2.15. The Morgan fingerprint density at radius 3 is 2.42 bits per heavy atom. The molecule has 106 valence electrons. The topological polar surface area (TPSA) is 61.4 Å². The van der Waals surface area contributed by atoms with E-state index in [0.29, 0.717) is 6.42 Å². The molecule has 19 heavy (non-hydrogen) atoms. The Labute approximate surface area is 115 Å². The van der Waals surface area contributed by atoms with Crippen LogP contribution in [-0.2, 0) is 11.2 Å². The second kappa shape index (κ2) is 7.26. The molecule has 1 amide bonds. The molecule has 3 N–H and O–H groups in total. The molecule has 0 bridgehead atoms. The zero-order valence-corrected chi connectivity index (χ0v) is 11.9. The molecule has 1 aromatic rings. The van der Waals surface area contributed by atoms with Crippen LogP contribution in [0.1, 0.15) is 26.3 Å². The van der Waals surface area contributed by atoms with Crippen molar-refractivity contribution >= 4 is 5.91 Å². The monoisotopic (exact) mass is 264 g/mol. The van der Waals surface area contributed by atoms with E-state index in [1.54, 1.807) is 0 Å². The fourth-order valence-electron chi connectivity index (χ4n) is 1.68. The Hall–Kier alpha value is -1.39. The SMILES string of the molecule is CC(C)(C)NCC(=O)N[C@@H](CO)Cc1ccccc1. The lowest BCUT2D eigenvalue weighted by molar-refractivity contribution is -0.121. The van der Waals surface area contributed by atoms with E-state index in [1.165, 1.54) is 0 Å². The zero-order valence-electron chi connectivity index (χ0n) is 11.9. The van der Waals surface area contributed by atoms with E-state index in [9.17, 15) is 9.90 Å². The van der Waals surface area contributed by atoms with Crippen molar-refractivity contribution in [2.45, 2.75) is 38.8 Å². The Morgan fingerprint density at radius 2 is 1.89 bits per heavy atom. The number of nitrogens with one attached hydrogen (secondary N) is 2. The van der Waals surface area contributed by atoms with Gasteiger partial charge >= 0.3 is 0 Å². The standard InChI is InChI=1S/C15H24N2O2/c1-15(2,3)16-10-14(19)17-13(11-18)9-12-7-5-4-6-8-12/h4-8,13,16,18H,9-11H2,1-3H3,(H,17,19)/t13-/m1/s1. The van der Waals surface area contributed by atoms with Crippen LogP contribution in [0.25, 0.3) is 0 Å². The van der Waals surface area contributed by atoms with Crippen LogP contribution in [0.5, 0.6) is 0 Å². The summed E-state index contributed by atoms with van der Waals surface area (Å²) in [5.41, 5.74) is 1.01. The van der Waals surface area contributed by atoms with Gasteiger partial charge in [-0.05, 0) is 32.8 Å². The van der Waals surface area contributed by atoms with Crippen LogP contribution in [0, 0.1) is 0 Å². The first-order chi connectivity index (χ1) is 8.90. The molecule has 0 heterocycles. The van der Waals surface area contributed by atoms with Gasteiger partial charge in [0, 0.05) is 5.54 Å². The molecule has 0 unspecified atom stereocenters. The molecule has 0 aromatic heterocycles. The fourth-order valence-corrected chi connectivity index (χ4v) is 1.68. The minimum atomic E-state index is -0.239. The number of hydrogen-bond donors (Lipinski definition) is 3. The van der Waals surface area contributed by atoms with E-state index in [4.69, 9.17) is 0 Å². The zero-order chi connectivity index (χ0) is 14.3. The first-order valence-electron chi connectivity index (χ1n) is 6.60. The lowest BCUT2D eigenvalue weighted by Crippen LogP contribution is -2.47. The summed E-state index contributed by atoms with van der Waals surface area (Å²) in [6, 6.07) is 9.59. The summed E-state index contributed by atoms with van der Waals surface area (Å²) < 4.78 is 0. The second-order valence-corrected chi connectivity index (χ2v) is 5.74. The van der Waals surface area contributed by atoms with E-state index in [0.717, 1.165) is 5.56 Å². The number of hydrogen-bond acceptors (Lipinski definition) is 3. The molecule has 1 atom stereocenters. The summed E-state index contributed by atoms with van der Waals surface area (Å²) >= 11 is 0. The van der Waals surface area contributed by atoms with Gasteiger partial charge in [0.2, 0.25) is 5.91 Å². The van der Waals surface area contributed by atoms with Crippen molar-refractivity contribution in [1.82, 2.24) is 10.6 Å². The minimum absolute atomic E-state index is 0.0594. The summed E-state index contributed by atoms with van der Waals surface area (Å²) in [5.74, 6) is -0.0927. The average molecular weight is 264 g/mol. The molecule has 4 heteroatoms. The lowest BCUT2D eigenvalue weighted by atomic mass is 10.1. The van der Waals surface area contributed by atoms with Gasteiger partial charge in [0.25, 0.3) is 0 Å². The maximum Gasteiger partial charge on any atom is 0.234 e. The van der Waals surface area contributed by atoms with Gasteiger partial charge < -0.3 is 15.7 Å². The average Bonchev–Trinajstić information content (AvgIpc) is 2.36. The van der Waals surface area contributed by atoms with Gasteiger partial charge in [-0.1, -0.05) is 30.3 Å². The van der Waals surface area contributed by atoms with Crippen molar-refractivity contribution in [2.75, 3.05) is 13.2 Å². The van der Waals surface area contributed by atoms with Gasteiger partial charge in [-0.15, -0.1) is 0 Å². The summed E-state index contributed by atoms with van der Waals surface area (Å²) in [6.45, 7) is 6.22. The molecular weight excluding hydrogens is 240 g/mol. The van der Waals surface area contributed by atoms with Gasteiger partial charge in [0.05, 0.1) is 19.2 Å². The molecule has 0 saturated carbocycles. The fraction of sp³-hybridized carbons (Fsp3) is 0.533. The summed E-state index contributed by atoms with van der Waals surface area (Å²) in [7, 11) is 0. The van der Waals surface area contributed by atoms with E-state index >= 15 is 0 Å². The second-order valence-electron chi connectivity index (χ2n) is 5.74. The van der Waals surface area contributed by atoms with E-state index in [2.05, 4.69) is 10.6 Å². The molecular formula is C15H24N2O2. The first kappa shape index (κ1) is 15.7. The maximum absolute atomic E-state index is 11.8. The lowest BCUT2D eigenvalue weighted by Gasteiger charge is -2.22. The summed E-state index contributed by atoms with van der Waals surface area (Å²) in [5, 5.41) is 15.3. The van der Waals surface area contributed by atoms with Gasteiger partial charge in [0.15, 0.2) is 0 Å². The molecule has 0 aliphatic heterocycles. The predicted molar refractivity (Wildman–Crippen MR) is 76.9 cm³/mol. The highest BCUT2D eigenvalue weighted by atomic mass is 16.3. The molecule has 0 spiro atoms. The Bertz CT molecular complexity index is 385. The Kier molecular flexibility index (Phi) is 5.99. The Balaban J connectivity index is 2.42. The number of amides is 1.